The molecular formula is C13H18BrN5O. The van der Waals surface area contributed by atoms with Crippen LogP contribution in [0.4, 0.5) is 0 Å². The van der Waals surface area contributed by atoms with Crippen LogP contribution in [-0.4, -0.2) is 25.5 Å². The van der Waals surface area contributed by atoms with Crippen molar-refractivity contribution in [2.24, 2.45) is 14.1 Å². The van der Waals surface area contributed by atoms with Gasteiger partial charge in [-0.05, 0) is 36.7 Å². The maximum absolute atomic E-state index is 12.4. The Balaban J connectivity index is 2.21. The Morgan fingerprint density at radius 1 is 1.30 bits per heavy atom. The smallest absolute Gasteiger partial charge is 0.271 e. The number of amides is 1. The summed E-state index contributed by atoms with van der Waals surface area (Å²) in [5.74, 6) is -0.157. The van der Waals surface area contributed by atoms with Crippen molar-refractivity contribution in [2.45, 2.75) is 26.8 Å². The second-order valence-corrected chi connectivity index (χ2v) is 5.70. The van der Waals surface area contributed by atoms with Crippen molar-refractivity contribution in [3.63, 3.8) is 0 Å². The number of aromatic nitrogens is 4. The minimum absolute atomic E-state index is 0.113. The number of carbonyl (C=O) groups excluding carboxylic acids is 1. The molecule has 0 aliphatic heterocycles. The van der Waals surface area contributed by atoms with Crippen LogP contribution < -0.4 is 5.32 Å². The van der Waals surface area contributed by atoms with Gasteiger partial charge < -0.3 is 5.32 Å². The van der Waals surface area contributed by atoms with Gasteiger partial charge in [0, 0.05) is 25.9 Å². The van der Waals surface area contributed by atoms with Gasteiger partial charge in [-0.1, -0.05) is 0 Å². The van der Waals surface area contributed by atoms with Crippen LogP contribution in [0.5, 0.6) is 0 Å². The molecule has 2 rings (SSSR count). The molecule has 2 heterocycles. The maximum atomic E-state index is 12.4. The van der Waals surface area contributed by atoms with Crippen LogP contribution in [0.3, 0.4) is 0 Å². The van der Waals surface area contributed by atoms with Crippen molar-refractivity contribution < 1.29 is 4.79 Å². The van der Waals surface area contributed by atoms with Crippen molar-refractivity contribution >= 4 is 21.8 Å². The lowest BCUT2D eigenvalue weighted by Gasteiger charge is -2.13. The van der Waals surface area contributed by atoms with Crippen LogP contribution in [0.15, 0.2) is 10.7 Å². The Morgan fingerprint density at radius 2 is 1.95 bits per heavy atom. The predicted molar refractivity (Wildman–Crippen MR) is 79.5 cm³/mol. The number of hydrogen-bond acceptors (Lipinski definition) is 3. The molecule has 0 aromatic carbocycles. The highest BCUT2D eigenvalue weighted by molar-refractivity contribution is 9.10. The van der Waals surface area contributed by atoms with Crippen LogP contribution in [0, 0.1) is 13.8 Å². The van der Waals surface area contributed by atoms with Crippen molar-refractivity contribution in [1.82, 2.24) is 24.9 Å². The molecule has 1 atom stereocenters. The van der Waals surface area contributed by atoms with Crippen LogP contribution in [0.2, 0.25) is 0 Å². The highest BCUT2D eigenvalue weighted by Crippen LogP contribution is 2.22. The molecule has 0 saturated carbocycles. The lowest BCUT2D eigenvalue weighted by Crippen LogP contribution is -2.29. The molecule has 0 fully saturated rings. The first kappa shape index (κ1) is 14.8. The SMILES string of the molecule is Cc1nn(C)cc1C(C)NC(=O)c1c(Br)c(C)nn1C. The number of aryl methyl sites for hydroxylation is 4. The third-order valence-corrected chi connectivity index (χ3v) is 4.18. The first-order valence-corrected chi connectivity index (χ1v) is 7.10. The molecule has 2 aromatic rings. The van der Waals surface area contributed by atoms with Crippen LogP contribution >= 0.6 is 15.9 Å². The van der Waals surface area contributed by atoms with Crippen LogP contribution in [-0.2, 0) is 14.1 Å². The van der Waals surface area contributed by atoms with Crippen molar-refractivity contribution in [1.29, 1.82) is 0 Å². The summed E-state index contributed by atoms with van der Waals surface area (Å²) >= 11 is 3.41. The van der Waals surface area contributed by atoms with Gasteiger partial charge in [-0.3, -0.25) is 14.2 Å². The fourth-order valence-electron chi connectivity index (χ4n) is 2.26. The fourth-order valence-corrected chi connectivity index (χ4v) is 2.78. The molecule has 0 aliphatic carbocycles. The molecule has 1 N–H and O–H groups in total. The molecule has 7 heteroatoms. The summed E-state index contributed by atoms with van der Waals surface area (Å²) in [6.45, 7) is 5.73. The lowest BCUT2D eigenvalue weighted by molar-refractivity contribution is 0.0929. The second-order valence-electron chi connectivity index (χ2n) is 4.91. The van der Waals surface area contributed by atoms with E-state index in [0.29, 0.717) is 5.69 Å². The molecule has 0 spiro atoms. The normalized spacial score (nSPS) is 12.5. The van der Waals surface area contributed by atoms with Crippen molar-refractivity contribution in [3.05, 3.63) is 33.3 Å². The Kier molecular flexibility index (Phi) is 3.99. The summed E-state index contributed by atoms with van der Waals surface area (Å²) in [5, 5.41) is 11.5. The number of hydrogen-bond donors (Lipinski definition) is 1. The molecular weight excluding hydrogens is 322 g/mol. The molecule has 20 heavy (non-hydrogen) atoms. The molecule has 1 amide bonds. The van der Waals surface area contributed by atoms with E-state index in [2.05, 4.69) is 31.4 Å². The van der Waals surface area contributed by atoms with E-state index in [9.17, 15) is 4.79 Å². The van der Waals surface area contributed by atoms with Gasteiger partial charge in [-0.15, -0.1) is 0 Å². The van der Waals surface area contributed by atoms with Gasteiger partial charge in [-0.25, -0.2) is 0 Å². The van der Waals surface area contributed by atoms with E-state index >= 15 is 0 Å². The Hall–Kier alpha value is -1.63. The third-order valence-electron chi connectivity index (χ3n) is 3.23. The molecule has 0 bridgehead atoms. The van der Waals surface area contributed by atoms with Crippen molar-refractivity contribution in [2.75, 3.05) is 0 Å². The summed E-state index contributed by atoms with van der Waals surface area (Å²) in [5.41, 5.74) is 3.25. The van der Waals surface area contributed by atoms with Crippen LogP contribution in [0.25, 0.3) is 0 Å². The quantitative estimate of drug-likeness (QED) is 0.930. The second kappa shape index (κ2) is 5.40. The van der Waals surface area contributed by atoms with E-state index in [-0.39, 0.29) is 11.9 Å². The average molecular weight is 340 g/mol. The first-order valence-electron chi connectivity index (χ1n) is 6.31. The van der Waals surface area contributed by atoms with Gasteiger partial charge in [0.25, 0.3) is 5.91 Å². The molecule has 0 saturated heterocycles. The fraction of sp³-hybridized carbons (Fsp3) is 0.462. The van der Waals surface area contributed by atoms with Gasteiger partial charge in [0.2, 0.25) is 0 Å². The topological polar surface area (TPSA) is 64.7 Å². The molecule has 108 valence electrons. The van der Waals surface area contributed by atoms with Gasteiger partial charge in [0.1, 0.15) is 5.69 Å². The Morgan fingerprint density at radius 3 is 2.40 bits per heavy atom. The largest absolute Gasteiger partial charge is 0.344 e. The van der Waals surface area contributed by atoms with Gasteiger partial charge in [0.15, 0.2) is 0 Å². The summed E-state index contributed by atoms with van der Waals surface area (Å²) in [4.78, 5) is 12.4. The van der Waals surface area contributed by atoms with Crippen molar-refractivity contribution in [3.8, 4) is 0 Å². The minimum atomic E-state index is -0.157. The molecule has 2 aromatic heterocycles. The molecule has 1 unspecified atom stereocenters. The zero-order valence-corrected chi connectivity index (χ0v) is 13.8. The number of carbonyl (C=O) groups is 1. The summed E-state index contributed by atoms with van der Waals surface area (Å²) in [6.07, 6.45) is 1.92. The number of halogens is 1. The Bertz CT molecular complexity index is 658. The minimum Gasteiger partial charge on any atom is -0.344 e. The predicted octanol–water partition coefficient (Wildman–Crippen LogP) is 2.02. The highest BCUT2D eigenvalue weighted by Gasteiger charge is 2.21. The lowest BCUT2D eigenvalue weighted by atomic mass is 10.1. The zero-order chi connectivity index (χ0) is 15.0. The summed E-state index contributed by atoms with van der Waals surface area (Å²) < 4.78 is 4.06. The van der Waals surface area contributed by atoms with Gasteiger partial charge >= 0.3 is 0 Å². The first-order chi connectivity index (χ1) is 9.31. The maximum Gasteiger partial charge on any atom is 0.271 e. The van der Waals surface area contributed by atoms with Gasteiger partial charge in [0.05, 0.1) is 21.9 Å². The zero-order valence-electron chi connectivity index (χ0n) is 12.2. The summed E-state index contributed by atoms with van der Waals surface area (Å²) in [6, 6.07) is -0.113. The average Bonchev–Trinajstić information content (AvgIpc) is 2.79. The highest BCUT2D eigenvalue weighted by atomic mass is 79.9. The van der Waals surface area contributed by atoms with E-state index in [1.165, 1.54) is 0 Å². The van der Waals surface area contributed by atoms with E-state index < -0.39 is 0 Å². The van der Waals surface area contributed by atoms with E-state index in [4.69, 9.17) is 0 Å². The Labute approximate surface area is 126 Å². The molecule has 0 aliphatic rings. The summed E-state index contributed by atoms with van der Waals surface area (Å²) in [7, 11) is 3.62. The number of nitrogens with zero attached hydrogens (tertiary/aromatic N) is 4. The third kappa shape index (κ3) is 2.63. The van der Waals surface area contributed by atoms with E-state index in [1.807, 2.05) is 34.0 Å². The van der Waals surface area contributed by atoms with E-state index in [1.54, 1.807) is 16.4 Å². The number of nitrogens with one attached hydrogen (secondary N) is 1. The molecule has 6 nitrogen and oxygen atoms in total. The van der Waals surface area contributed by atoms with E-state index in [0.717, 1.165) is 21.4 Å². The van der Waals surface area contributed by atoms with Gasteiger partial charge in [-0.2, -0.15) is 10.2 Å². The van der Waals surface area contributed by atoms with Crippen LogP contribution in [0.1, 0.15) is 40.4 Å². The number of rotatable bonds is 3. The monoisotopic (exact) mass is 339 g/mol. The standard InChI is InChI=1S/C13H18BrN5O/c1-7(10-6-18(4)16-8(10)2)15-13(20)12-11(14)9(3)17-19(12)5/h6-7H,1-5H3,(H,15,20). The molecule has 0 radical (unpaired) electrons.